The van der Waals surface area contributed by atoms with Crippen LogP contribution in [0.2, 0.25) is 0 Å². The predicted molar refractivity (Wildman–Crippen MR) is 121 cm³/mol. The Morgan fingerprint density at radius 2 is 1.81 bits per heavy atom. The summed E-state index contributed by atoms with van der Waals surface area (Å²) in [5.74, 6) is -0.107. The van der Waals surface area contributed by atoms with E-state index in [0.29, 0.717) is 17.2 Å². The van der Waals surface area contributed by atoms with Crippen LogP contribution in [0.3, 0.4) is 0 Å². The van der Waals surface area contributed by atoms with Crippen molar-refractivity contribution in [3.8, 4) is 5.69 Å². The molecule has 5 aromatic rings. The topological polar surface area (TPSA) is 76.8 Å². The van der Waals surface area contributed by atoms with Crippen LogP contribution >= 0.6 is 11.3 Å². The van der Waals surface area contributed by atoms with Crippen LogP contribution < -0.4 is 4.90 Å². The number of fused-ring (bicyclic) bond motifs is 1. The van der Waals surface area contributed by atoms with Gasteiger partial charge in [-0.25, -0.2) is 9.67 Å². The minimum atomic E-state index is -0.107. The summed E-state index contributed by atoms with van der Waals surface area (Å²) in [6.07, 6.45) is 2.24. The number of hydrogen-bond acceptors (Lipinski definition) is 6. The van der Waals surface area contributed by atoms with E-state index in [1.165, 1.54) is 27.9 Å². The second-order valence-electron chi connectivity index (χ2n) is 6.96. The number of amides is 1. The first-order chi connectivity index (χ1) is 15.3. The number of carbonyl (C=O) groups is 1. The number of benzene rings is 3. The van der Waals surface area contributed by atoms with Crippen molar-refractivity contribution in [2.24, 2.45) is 0 Å². The van der Waals surface area contributed by atoms with E-state index in [-0.39, 0.29) is 5.91 Å². The van der Waals surface area contributed by atoms with Crippen molar-refractivity contribution in [3.63, 3.8) is 0 Å². The van der Waals surface area contributed by atoms with Crippen LogP contribution in [0.15, 0.2) is 85.2 Å². The lowest BCUT2D eigenvalue weighted by atomic mass is 10.1. The molecule has 0 aliphatic heterocycles. The molecule has 0 unspecified atom stereocenters. The monoisotopic (exact) mass is 426 g/mol. The van der Waals surface area contributed by atoms with E-state index in [0.717, 1.165) is 22.3 Å². The van der Waals surface area contributed by atoms with Crippen molar-refractivity contribution in [2.75, 3.05) is 11.4 Å². The van der Waals surface area contributed by atoms with E-state index in [1.807, 2.05) is 54.6 Å². The largest absolute Gasteiger partial charge is 0.284 e. The van der Waals surface area contributed by atoms with Crippen molar-refractivity contribution < 1.29 is 4.79 Å². The summed E-state index contributed by atoms with van der Waals surface area (Å²) < 4.78 is 2.58. The first kappa shape index (κ1) is 19.1. The van der Waals surface area contributed by atoms with Crippen LogP contribution in [0, 0.1) is 0 Å². The molecule has 8 heteroatoms. The molecule has 3 aromatic carbocycles. The van der Waals surface area contributed by atoms with Gasteiger partial charge in [-0.2, -0.15) is 0 Å². The number of thiazole rings is 1. The molecular formula is C23H18N6OS. The predicted octanol–water partition coefficient (Wildman–Crippen LogP) is 4.16. The summed E-state index contributed by atoms with van der Waals surface area (Å²) >= 11 is 1.52. The number of tetrazole rings is 1. The molecule has 0 aliphatic carbocycles. The molecule has 0 bridgehead atoms. The standard InChI is InChI=1S/C23H18N6OS/c30-22(18-9-6-10-19(15-18)29-16-24-26-27-29)28(14-13-17-7-2-1-3-8-17)23-25-20-11-4-5-12-21(20)31-23/h1-12,15-16H,13-14H2. The minimum absolute atomic E-state index is 0.107. The normalized spacial score (nSPS) is 11.0. The summed E-state index contributed by atoms with van der Waals surface area (Å²) in [6, 6.07) is 25.4. The van der Waals surface area contributed by atoms with Gasteiger partial charge in [0, 0.05) is 12.1 Å². The van der Waals surface area contributed by atoms with Crippen molar-refractivity contribution in [1.29, 1.82) is 0 Å². The molecule has 0 atom stereocenters. The fourth-order valence-electron chi connectivity index (χ4n) is 3.36. The highest BCUT2D eigenvalue weighted by Gasteiger charge is 2.22. The van der Waals surface area contributed by atoms with E-state index in [1.54, 1.807) is 17.0 Å². The van der Waals surface area contributed by atoms with Gasteiger partial charge < -0.3 is 0 Å². The van der Waals surface area contributed by atoms with Crippen LogP contribution in [-0.2, 0) is 6.42 Å². The van der Waals surface area contributed by atoms with E-state index >= 15 is 0 Å². The maximum absolute atomic E-state index is 13.6. The number of anilines is 1. The van der Waals surface area contributed by atoms with E-state index in [2.05, 4.69) is 27.7 Å². The Morgan fingerprint density at radius 3 is 2.61 bits per heavy atom. The number of aromatic nitrogens is 5. The van der Waals surface area contributed by atoms with Crippen molar-refractivity contribution >= 4 is 32.6 Å². The molecule has 0 aliphatic rings. The molecule has 0 saturated heterocycles. The van der Waals surface area contributed by atoms with Gasteiger partial charge in [-0.3, -0.25) is 9.69 Å². The van der Waals surface area contributed by atoms with Gasteiger partial charge in [0.05, 0.1) is 15.9 Å². The van der Waals surface area contributed by atoms with Crippen LogP contribution in [-0.4, -0.2) is 37.6 Å². The highest BCUT2D eigenvalue weighted by atomic mass is 32.1. The Balaban J connectivity index is 1.50. The molecule has 1 amide bonds. The Hall–Kier alpha value is -3.91. The van der Waals surface area contributed by atoms with E-state index < -0.39 is 0 Å². The zero-order valence-corrected chi connectivity index (χ0v) is 17.3. The molecule has 2 heterocycles. The summed E-state index contributed by atoms with van der Waals surface area (Å²) in [5, 5.41) is 11.9. The summed E-state index contributed by atoms with van der Waals surface area (Å²) in [4.78, 5) is 20.1. The number of carbonyl (C=O) groups excluding carboxylic acids is 1. The zero-order valence-electron chi connectivity index (χ0n) is 16.5. The smallest absolute Gasteiger partial charge is 0.260 e. The molecule has 5 rings (SSSR count). The number of hydrogen-bond donors (Lipinski definition) is 0. The molecule has 0 saturated carbocycles. The maximum Gasteiger partial charge on any atom is 0.260 e. The first-order valence-electron chi connectivity index (χ1n) is 9.83. The van der Waals surface area contributed by atoms with Gasteiger partial charge >= 0.3 is 0 Å². The van der Waals surface area contributed by atoms with Crippen LogP contribution in [0.25, 0.3) is 15.9 Å². The number of para-hydroxylation sites is 1. The molecule has 2 aromatic heterocycles. The quantitative estimate of drug-likeness (QED) is 0.407. The summed E-state index contributed by atoms with van der Waals surface area (Å²) in [5.41, 5.74) is 3.34. The number of nitrogens with zero attached hydrogens (tertiary/aromatic N) is 6. The Labute approximate surface area is 182 Å². The third-order valence-corrected chi connectivity index (χ3v) is 5.99. The number of rotatable bonds is 6. The molecule has 152 valence electrons. The summed E-state index contributed by atoms with van der Waals surface area (Å²) in [7, 11) is 0. The average molecular weight is 427 g/mol. The highest BCUT2D eigenvalue weighted by molar-refractivity contribution is 7.22. The third-order valence-electron chi connectivity index (χ3n) is 4.93. The lowest BCUT2D eigenvalue weighted by molar-refractivity contribution is 0.0987. The van der Waals surface area contributed by atoms with E-state index in [4.69, 9.17) is 4.98 Å². The van der Waals surface area contributed by atoms with Crippen molar-refractivity contribution in [3.05, 3.63) is 96.3 Å². The van der Waals surface area contributed by atoms with Crippen LogP contribution in [0.1, 0.15) is 15.9 Å². The lowest BCUT2D eigenvalue weighted by Crippen LogP contribution is -2.33. The Kier molecular flexibility index (Phi) is 5.20. The van der Waals surface area contributed by atoms with Crippen LogP contribution in [0.5, 0.6) is 0 Å². The highest BCUT2D eigenvalue weighted by Crippen LogP contribution is 2.30. The van der Waals surface area contributed by atoms with Gasteiger partial charge in [0.1, 0.15) is 6.33 Å². The molecule has 7 nitrogen and oxygen atoms in total. The van der Waals surface area contributed by atoms with Gasteiger partial charge in [0.25, 0.3) is 5.91 Å². The summed E-state index contributed by atoms with van der Waals surface area (Å²) in [6.45, 7) is 0.526. The molecule has 31 heavy (non-hydrogen) atoms. The van der Waals surface area contributed by atoms with Crippen LogP contribution in [0.4, 0.5) is 5.13 Å². The molecule has 0 N–H and O–H groups in total. The van der Waals surface area contributed by atoms with Gasteiger partial charge in [-0.05, 0) is 52.7 Å². The van der Waals surface area contributed by atoms with Gasteiger partial charge in [0.15, 0.2) is 5.13 Å². The molecule has 0 fully saturated rings. The Bertz CT molecular complexity index is 1280. The SMILES string of the molecule is O=C(c1cccc(-n2cnnn2)c1)N(CCc1ccccc1)c1nc2ccccc2s1. The second-order valence-corrected chi connectivity index (χ2v) is 7.97. The van der Waals surface area contributed by atoms with Gasteiger partial charge in [-0.1, -0.05) is 59.9 Å². The molecule has 0 spiro atoms. The van der Waals surface area contributed by atoms with Gasteiger partial charge in [-0.15, -0.1) is 5.10 Å². The van der Waals surface area contributed by atoms with Gasteiger partial charge in [0.2, 0.25) is 0 Å². The fraction of sp³-hybridized carbons (Fsp3) is 0.0870. The maximum atomic E-state index is 13.6. The second kappa shape index (κ2) is 8.45. The first-order valence-corrected chi connectivity index (χ1v) is 10.6. The Morgan fingerprint density at radius 1 is 0.968 bits per heavy atom. The zero-order chi connectivity index (χ0) is 21.0. The van der Waals surface area contributed by atoms with Crippen molar-refractivity contribution in [2.45, 2.75) is 6.42 Å². The third kappa shape index (κ3) is 4.06. The lowest BCUT2D eigenvalue weighted by Gasteiger charge is -2.20. The fourth-order valence-corrected chi connectivity index (χ4v) is 4.35. The molecular weight excluding hydrogens is 408 g/mol. The molecule has 0 radical (unpaired) electrons. The van der Waals surface area contributed by atoms with E-state index in [9.17, 15) is 4.79 Å². The minimum Gasteiger partial charge on any atom is -0.284 e. The van der Waals surface area contributed by atoms with Crippen molar-refractivity contribution in [1.82, 2.24) is 25.2 Å². The average Bonchev–Trinajstić information content (AvgIpc) is 3.50.